The molecule has 0 fully saturated rings. The van der Waals surface area contributed by atoms with Crippen molar-refractivity contribution in [2.45, 2.75) is 6.04 Å². The van der Waals surface area contributed by atoms with Crippen LogP contribution < -0.4 is 10.6 Å². The van der Waals surface area contributed by atoms with Gasteiger partial charge in [-0.1, -0.05) is 11.6 Å². The number of furan rings is 1. The van der Waals surface area contributed by atoms with E-state index in [4.69, 9.17) is 20.8 Å². The summed E-state index contributed by atoms with van der Waals surface area (Å²) in [5.41, 5.74) is 0. The monoisotopic (exact) mass is 328 g/mol. The molecular formula is C14H17ClN2O3S. The molecule has 2 aromatic heterocycles. The first-order chi connectivity index (χ1) is 10.2. The van der Waals surface area contributed by atoms with E-state index in [1.807, 2.05) is 24.3 Å². The maximum Gasteiger partial charge on any atom is 0.234 e. The lowest BCUT2D eigenvalue weighted by molar-refractivity contribution is -0.120. The van der Waals surface area contributed by atoms with Gasteiger partial charge in [0.15, 0.2) is 0 Å². The zero-order valence-corrected chi connectivity index (χ0v) is 13.2. The number of thiophene rings is 1. The number of nitrogens with one attached hydrogen (secondary N) is 2. The summed E-state index contributed by atoms with van der Waals surface area (Å²) in [6.07, 6.45) is 1.61. The SMILES string of the molecule is COCCNC(=O)CNC(c1ccco1)c1ccc(Cl)s1. The van der Waals surface area contributed by atoms with Gasteiger partial charge in [0.1, 0.15) is 11.8 Å². The molecule has 0 aliphatic heterocycles. The molecule has 2 heterocycles. The largest absolute Gasteiger partial charge is 0.467 e. The van der Waals surface area contributed by atoms with Crippen molar-refractivity contribution in [3.05, 3.63) is 45.5 Å². The highest BCUT2D eigenvalue weighted by Gasteiger charge is 2.19. The Hall–Kier alpha value is -1.34. The van der Waals surface area contributed by atoms with Gasteiger partial charge in [-0.2, -0.15) is 0 Å². The maximum absolute atomic E-state index is 11.7. The number of hydrogen-bond donors (Lipinski definition) is 2. The van der Waals surface area contributed by atoms with Crippen molar-refractivity contribution in [2.75, 3.05) is 26.8 Å². The summed E-state index contributed by atoms with van der Waals surface area (Å²) in [7, 11) is 1.60. The van der Waals surface area contributed by atoms with Gasteiger partial charge in [-0.3, -0.25) is 10.1 Å². The number of amides is 1. The van der Waals surface area contributed by atoms with Crippen LogP contribution in [0.3, 0.4) is 0 Å². The molecule has 0 radical (unpaired) electrons. The summed E-state index contributed by atoms with van der Waals surface area (Å²) in [6, 6.07) is 7.26. The van der Waals surface area contributed by atoms with E-state index in [9.17, 15) is 4.79 Å². The quantitative estimate of drug-likeness (QED) is 0.731. The second-order valence-electron chi connectivity index (χ2n) is 4.31. The fraction of sp³-hybridized carbons (Fsp3) is 0.357. The number of ether oxygens (including phenoxy) is 1. The summed E-state index contributed by atoms with van der Waals surface area (Å²) in [5, 5.41) is 5.94. The molecule has 0 saturated heterocycles. The zero-order valence-electron chi connectivity index (χ0n) is 11.6. The molecule has 0 aliphatic carbocycles. The summed E-state index contributed by atoms with van der Waals surface area (Å²) in [6.45, 7) is 1.17. The average Bonchev–Trinajstić information content (AvgIpc) is 3.12. The van der Waals surface area contributed by atoms with E-state index in [0.29, 0.717) is 17.5 Å². The Balaban J connectivity index is 1.96. The standard InChI is InChI=1S/C14H17ClN2O3S/c1-19-8-6-16-13(18)9-17-14(10-3-2-7-20-10)11-4-5-12(15)21-11/h2-5,7,14,17H,6,8-9H2,1H3,(H,16,18). The van der Waals surface area contributed by atoms with Crippen LogP contribution in [0.25, 0.3) is 0 Å². The van der Waals surface area contributed by atoms with Gasteiger partial charge in [0.25, 0.3) is 0 Å². The molecule has 7 heteroatoms. The van der Waals surface area contributed by atoms with Crippen molar-refractivity contribution in [3.8, 4) is 0 Å². The molecule has 2 aromatic rings. The first-order valence-corrected chi connectivity index (χ1v) is 7.68. The lowest BCUT2D eigenvalue weighted by Gasteiger charge is -2.15. The molecule has 2 rings (SSSR count). The summed E-state index contributed by atoms with van der Waals surface area (Å²) in [5.74, 6) is 0.657. The zero-order chi connectivity index (χ0) is 15.1. The third kappa shape index (κ3) is 4.86. The molecule has 0 spiro atoms. The molecule has 1 unspecified atom stereocenters. The average molecular weight is 329 g/mol. The number of rotatable bonds is 8. The number of methoxy groups -OCH3 is 1. The lowest BCUT2D eigenvalue weighted by Crippen LogP contribution is -2.37. The van der Waals surface area contributed by atoms with Crippen LogP contribution in [-0.4, -0.2) is 32.7 Å². The van der Waals surface area contributed by atoms with E-state index in [-0.39, 0.29) is 18.5 Å². The molecular weight excluding hydrogens is 312 g/mol. The molecule has 0 aliphatic rings. The molecule has 5 nitrogen and oxygen atoms in total. The third-order valence-corrected chi connectivity index (χ3v) is 4.10. The smallest absolute Gasteiger partial charge is 0.234 e. The second kappa shape index (κ2) is 8.19. The van der Waals surface area contributed by atoms with Crippen LogP contribution in [0.2, 0.25) is 4.34 Å². The van der Waals surface area contributed by atoms with Crippen LogP contribution >= 0.6 is 22.9 Å². The van der Waals surface area contributed by atoms with Gasteiger partial charge in [-0.25, -0.2) is 0 Å². The van der Waals surface area contributed by atoms with Gasteiger partial charge < -0.3 is 14.5 Å². The van der Waals surface area contributed by atoms with Gasteiger partial charge >= 0.3 is 0 Å². The molecule has 21 heavy (non-hydrogen) atoms. The third-order valence-electron chi connectivity index (χ3n) is 2.80. The maximum atomic E-state index is 11.7. The van der Waals surface area contributed by atoms with Crippen molar-refractivity contribution in [2.24, 2.45) is 0 Å². The van der Waals surface area contributed by atoms with Crippen LogP contribution in [0, 0.1) is 0 Å². The Bertz CT molecular complexity index is 556. The highest BCUT2D eigenvalue weighted by Crippen LogP contribution is 2.31. The summed E-state index contributed by atoms with van der Waals surface area (Å²) < 4.78 is 11.0. The van der Waals surface area contributed by atoms with Crippen LogP contribution in [0.5, 0.6) is 0 Å². The van der Waals surface area contributed by atoms with Gasteiger partial charge in [0.2, 0.25) is 5.91 Å². The fourth-order valence-corrected chi connectivity index (χ4v) is 2.98. The predicted octanol–water partition coefficient (Wildman–Crippen LogP) is 2.44. The van der Waals surface area contributed by atoms with Gasteiger partial charge in [-0.05, 0) is 24.3 Å². The summed E-state index contributed by atoms with van der Waals surface area (Å²) in [4.78, 5) is 12.7. The van der Waals surface area contributed by atoms with E-state index in [0.717, 1.165) is 10.6 Å². The minimum atomic E-state index is -0.189. The van der Waals surface area contributed by atoms with Crippen molar-refractivity contribution < 1.29 is 13.9 Å². The Kier molecular flexibility index (Phi) is 6.25. The number of carbonyl (C=O) groups excluding carboxylic acids is 1. The lowest BCUT2D eigenvalue weighted by atomic mass is 10.2. The first-order valence-electron chi connectivity index (χ1n) is 6.48. The van der Waals surface area contributed by atoms with E-state index < -0.39 is 0 Å². The van der Waals surface area contributed by atoms with E-state index >= 15 is 0 Å². The van der Waals surface area contributed by atoms with Gasteiger partial charge in [0.05, 0.1) is 23.8 Å². The van der Waals surface area contributed by atoms with Crippen LogP contribution in [-0.2, 0) is 9.53 Å². The second-order valence-corrected chi connectivity index (χ2v) is 6.06. The van der Waals surface area contributed by atoms with Crippen molar-refractivity contribution >= 4 is 28.8 Å². The number of carbonyl (C=O) groups is 1. The highest BCUT2D eigenvalue weighted by atomic mass is 35.5. The molecule has 0 saturated carbocycles. The van der Waals surface area contributed by atoms with E-state index in [1.54, 1.807) is 13.4 Å². The van der Waals surface area contributed by atoms with E-state index in [1.165, 1.54) is 11.3 Å². The molecule has 0 aromatic carbocycles. The molecule has 0 bridgehead atoms. The Labute approximate surface area is 132 Å². The Morgan fingerprint density at radius 3 is 2.95 bits per heavy atom. The van der Waals surface area contributed by atoms with Crippen molar-refractivity contribution in [3.63, 3.8) is 0 Å². The Morgan fingerprint density at radius 1 is 1.48 bits per heavy atom. The first kappa shape index (κ1) is 16.0. The van der Waals surface area contributed by atoms with Crippen LogP contribution in [0.1, 0.15) is 16.7 Å². The van der Waals surface area contributed by atoms with Gasteiger partial charge in [-0.15, -0.1) is 11.3 Å². The predicted molar refractivity (Wildman–Crippen MR) is 82.8 cm³/mol. The molecule has 114 valence electrons. The van der Waals surface area contributed by atoms with Crippen LogP contribution in [0.15, 0.2) is 34.9 Å². The topological polar surface area (TPSA) is 63.5 Å². The minimum Gasteiger partial charge on any atom is -0.467 e. The number of hydrogen-bond acceptors (Lipinski definition) is 5. The molecule has 2 N–H and O–H groups in total. The minimum absolute atomic E-state index is 0.0914. The van der Waals surface area contributed by atoms with E-state index in [2.05, 4.69) is 10.6 Å². The summed E-state index contributed by atoms with van der Waals surface area (Å²) >= 11 is 7.44. The van der Waals surface area contributed by atoms with Crippen molar-refractivity contribution in [1.29, 1.82) is 0 Å². The van der Waals surface area contributed by atoms with Gasteiger partial charge in [0, 0.05) is 18.5 Å². The van der Waals surface area contributed by atoms with Crippen molar-refractivity contribution in [1.82, 2.24) is 10.6 Å². The fourth-order valence-electron chi connectivity index (χ4n) is 1.83. The normalized spacial score (nSPS) is 12.3. The highest BCUT2D eigenvalue weighted by molar-refractivity contribution is 7.16. The molecule has 1 amide bonds. The van der Waals surface area contributed by atoms with Crippen LogP contribution in [0.4, 0.5) is 0 Å². The molecule has 1 atom stereocenters. The Morgan fingerprint density at radius 2 is 2.33 bits per heavy atom. The number of halogens is 1.